The van der Waals surface area contributed by atoms with E-state index in [4.69, 9.17) is 0 Å². The van der Waals surface area contributed by atoms with Crippen LogP contribution < -0.4 is 0 Å². The van der Waals surface area contributed by atoms with Gasteiger partial charge in [0.25, 0.3) is 0 Å². The van der Waals surface area contributed by atoms with Crippen LogP contribution in [0.4, 0.5) is 5.69 Å². The predicted molar refractivity (Wildman–Crippen MR) is 127 cm³/mol. The van der Waals surface area contributed by atoms with E-state index in [1.54, 1.807) is 4.58 Å². The zero-order valence-corrected chi connectivity index (χ0v) is 18.5. The fourth-order valence-corrected chi connectivity index (χ4v) is 4.54. The monoisotopic (exact) mass is 412 g/mol. The lowest BCUT2D eigenvalue weighted by Crippen LogP contribution is -2.27. The lowest BCUT2D eigenvalue weighted by atomic mass is 10.1. The van der Waals surface area contributed by atoms with Crippen molar-refractivity contribution in [3.8, 4) is 0 Å². The molecule has 0 atom stereocenters. The molecule has 3 aromatic carbocycles. The normalized spacial score (nSPS) is 12.7. The molecule has 3 rings (SSSR count). The molecule has 0 aliphatic rings. The van der Waals surface area contributed by atoms with Gasteiger partial charge in [-0.1, -0.05) is 86.4 Å². The van der Waals surface area contributed by atoms with Crippen molar-refractivity contribution in [2.45, 2.75) is 19.6 Å². The third kappa shape index (κ3) is 4.92. The Hall–Kier alpha value is -3.46. The number of aliphatic hydroxyl groups excluding tert-OH is 1. The first-order valence-electron chi connectivity index (χ1n) is 9.90. The topological polar surface area (TPSA) is 40.3 Å². The molecule has 3 aromatic rings. The number of hydrogen-bond acceptors (Lipinski definition) is 2. The van der Waals surface area contributed by atoms with Gasteiger partial charge in [-0.05, 0) is 17.7 Å². The maximum absolute atomic E-state index is 12.1. The van der Waals surface area contributed by atoms with Gasteiger partial charge in [0.15, 0.2) is 6.21 Å². The molecule has 3 nitrogen and oxygen atoms in total. The van der Waals surface area contributed by atoms with Gasteiger partial charge >= 0.3 is 5.88 Å². The molecule has 30 heavy (non-hydrogen) atoms. The summed E-state index contributed by atoms with van der Waals surface area (Å²) in [6.45, 7) is 6.24. The molecular formula is C26H26NO2Si+. The summed E-state index contributed by atoms with van der Waals surface area (Å²) in [7, 11) is -2.10. The van der Waals surface area contributed by atoms with E-state index in [2.05, 4.69) is 25.6 Å². The Morgan fingerprint density at radius 2 is 1.33 bits per heavy atom. The second kappa shape index (κ2) is 9.36. The van der Waals surface area contributed by atoms with Crippen molar-refractivity contribution < 1.29 is 14.5 Å². The predicted octanol–water partition coefficient (Wildman–Crippen LogP) is 6.01. The maximum atomic E-state index is 12.1. The minimum Gasteiger partial charge on any atom is -0.459 e. The fourth-order valence-electron chi connectivity index (χ4n) is 3.22. The van der Waals surface area contributed by atoms with E-state index in [9.17, 15) is 9.90 Å². The molecule has 0 amide bonds. The lowest BCUT2D eigenvalue weighted by Gasteiger charge is -2.20. The van der Waals surface area contributed by atoms with Crippen LogP contribution in [0, 0.1) is 0 Å². The lowest BCUT2D eigenvalue weighted by molar-refractivity contribution is -0.413. The van der Waals surface area contributed by atoms with E-state index in [1.807, 2.05) is 97.2 Å². The Morgan fingerprint density at radius 1 is 0.833 bits per heavy atom. The van der Waals surface area contributed by atoms with Crippen LogP contribution in [0.5, 0.6) is 0 Å². The standard InChI is InChI=1S/C26H25NO2Si/c1-30(2,3)24(20-28)25(22-15-9-5-10-16-22)26(29)27(23-17-11-6-12-18-23)19-21-13-7-4-8-14-21/h4-19H,1-3H3/p+1/b26-25+,27-19+. The fraction of sp³-hybridized carbons (Fsp3) is 0.115. The number of benzene rings is 3. The van der Waals surface area contributed by atoms with Crippen LogP contribution in [0.1, 0.15) is 11.1 Å². The molecule has 1 N–H and O–H groups in total. The second-order valence-electron chi connectivity index (χ2n) is 8.04. The average molecular weight is 413 g/mol. The summed E-state index contributed by atoms with van der Waals surface area (Å²) in [5.74, 6) is 2.17. The highest BCUT2D eigenvalue weighted by atomic mass is 28.3. The first-order valence-corrected chi connectivity index (χ1v) is 13.4. The molecule has 0 fully saturated rings. The van der Waals surface area contributed by atoms with Gasteiger partial charge in [0.1, 0.15) is 11.5 Å². The van der Waals surface area contributed by atoms with Crippen LogP contribution in [0.25, 0.3) is 5.57 Å². The largest absolute Gasteiger partial charge is 0.459 e. The molecule has 0 radical (unpaired) electrons. The number of rotatable bonds is 6. The summed E-state index contributed by atoms with van der Waals surface area (Å²) in [5, 5.41) is 12.1. The minimum atomic E-state index is -2.10. The smallest absolute Gasteiger partial charge is 0.380 e. The summed E-state index contributed by atoms with van der Waals surface area (Å²) >= 11 is 0. The van der Waals surface area contributed by atoms with Crippen LogP contribution in [0.15, 0.2) is 102 Å². The van der Waals surface area contributed by atoms with Gasteiger partial charge in [0.2, 0.25) is 5.69 Å². The summed E-state index contributed by atoms with van der Waals surface area (Å²) < 4.78 is 1.73. The molecular weight excluding hydrogens is 386 g/mol. The van der Waals surface area contributed by atoms with Gasteiger partial charge in [-0.3, -0.25) is 0 Å². The molecule has 0 heterocycles. The Balaban J connectivity index is 2.35. The molecule has 0 saturated heterocycles. The molecule has 0 unspecified atom stereocenters. The van der Waals surface area contributed by atoms with Crippen LogP contribution in [-0.2, 0) is 4.79 Å². The average Bonchev–Trinajstić information content (AvgIpc) is 2.76. The van der Waals surface area contributed by atoms with Crippen molar-refractivity contribution in [2.75, 3.05) is 0 Å². The Kier molecular flexibility index (Phi) is 6.63. The van der Waals surface area contributed by atoms with Crippen molar-refractivity contribution in [3.63, 3.8) is 0 Å². The van der Waals surface area contributed by atoms with Gasteiger partial charge in [-0.25, -0.2) is 4.79 Å². The highest BCUT2D eigenvalue weighted by Crippen LogP contribution is 2.32. The first-order chi connectivity index (χ1) is 14.4. The quantitative estimate of drug-likeness (QED) is 0.134. The van der Waals surface area contributed by atoms with Crippen molar-refractivity contribution >= 4 is 31.5 Å². The third-order valence-corrected chi connectivity index (χ3v) is 6.58. The Morgan fingerprint density at radius 3 is 1.83 bits per heavy atom. The van der Waals surface area contributed by atoms with Crippen molar-refractivity contribution in [1.29, 1.82) is 0 Å². The van der Waals surface area contributed by atoms with E-state index in [-0.39, 0.29) is 5.88 Å². The summed E-state index contributed by atoms with van der Waals surface area (Å²) in [5.41, 5.74) is 3.05. The van der Waals surface area contributed by atoms with E-state index in [1.165, 1.54) is 0 Å². The Bertz CT molecular complexity index is 1110. The molecule has 150 valence electrons. The van der Waals surface area contributed by atoms with Crippen LogP contribution in [0.2, 0.25) is 19.6 Å². The molecule has 0 aliphatic heterocycles. The molecule has 0 bridgehead atoms. The number of nitrogens with zero attached hydrogens (tertiary/aromatic N) is 1. The molecule has 0 aliphatic carbocycles. The number of hydrogen-bond donors (Lipinski definition) is 1. The highest BCUT2D eigenvalue weighted by molar-refractivity contribution is 6.86. The van der Waals surface area contributed by atoms with Crippen molar-refractivity contribution in [2.24, 2.45) is 0 Å². The van der Waals surface area contributed by atoms with Crippen molar-refractivity contribution in [3.05, 3.63) is 113 Å². The second-order valence-corrected chi connectivity index (χ2v) is 13.0. The zero-order chi connectivity index (χ0) is 21.6. The molecule has 0 spiro atoms. The van der Waals surface area contributed by atoms with E-state index >= 15 is 0 Å². The number of aliphatic hydroxyl groups is 1. The highest BCUT2D eigenvalue weighted by Gasteiger charge is 2.33. The molecule has 4 heteroatoms. The van der Waals surface area contributed by atoms with Gasteiger partial charge in [0.05, 0.1) is 8.07 Å². The first kappa shape index (κ1) is 21.3. The maximum Gasteiger partial charge on any atom is 0.380 e. The van der Waals surface area contributed by atoms with Crippen LogP contribution in [-0.4, -0.2) is 29.9 Å². The van der Waals surface area contributed by atoms with Crippen LogP contribution in [0.3, 0.4) is 0 Å². The summed E-state index contributed by atoms with van der Waals surface area (Å²) in [6.07, 6.45) is 1.88. The molecule has 0 aromatic heterocycles. The number of allylic oxidation sites excluding steroid dienone is 2. The number of carbonyl (C=O) groups excluding carboxylic acids is 1. The van der Waals surface area contributed by atoms with Gasteiger partial charge in [-0.2, -0.15) is 0 Å². The zero-order valence-electron chi connectivity index (χ0n) is 17.5. The number of para-hydroxylation sites is 1. The summed E-state index contributed by atoms with van der Waals surface area (Å²) in [6, 6.07) is 29.0. The van der Waals surface area contributed by atoms with E-state index < -0.39 is 8.07 Å². The van der Waals surface area contributed by atoms with Crippen molar-refractivity contribution in [1.82, 2.24) is 0 Å². The van der Waals surface area contributed by atoms with Gasteiger partial charge in [-0.15, -0.1) is 4.58 Å². The molecule has 0 saturated carbocycles. The van der Waals surface area contributed by atoms with E-state index in [0.29, 0.717) is 10.8 Å². The van der Waals surface area contributed by atoms with E-state index in [0.717, 1.165) is 16.8 Å². The van der Waals surface area contributed by atoms with Crippen LogP contribution >= 0.6 is 0 Å². The summed E-state index contributed by atoms with van der Waals surface area (Å²) in [4.78, 5) is 12.1. The minimum absolute atomic E-state index is 0.0111. The van der Waals surface area contributed by atoms with Gasteiger partial charge < -0.3 is 5.11 Å². The Labute approximate surface area is 179 Å². The SMILES string of the molecule is C[Si](C)(C)C(=C=O)/C(=C(O)\[N+](=C\c1ccccc1)c1ccccc1)c1ccccc1. The van der Waals surface area contributed by atoms with Gasteiger partial charge in [0, 0.05) is 22.9 Å². The third-order valence-electron chi connectivity index (χ3n) is 4.73.